The number of hydrogen-bond donors (Lipinski definition) is 0. The number of aryl methyl sites for hydroxylation is 2. The number of amides is 1. The Balaban J connectivity index is 1.84. The largest absolute Gasteiger partial charge is 0.482 e. The van der Waals surface area contributed by atoms with E-state index in [0.717, 1.165) is 11.1 Å². The SMILES string of the molecule is Cc1cc(N(CCC#N)C(=O)COc2cc3oc(=O)cc(C)c3cc2Cl)ccc1Cl. The zero-order valence-corrected chi connectivity index (χ0v) is 17.9. The lowest BCUT2D eigenvalue weighted by Crippen LogP contribution is -2.35. The van der Waals surface area contributed by atoms with Crippen molar-refractivity contribution in [3.63, 3.8) is 0 Å². The number of nitrogens with zero attached hydrogens (tertiary/aromatic N) is 2. The van der Waals surface area contributed by atoms with Gasteiger partial charge in [-0.2, -0.15) is 5.26 Å². The molecule has 0 spiro atoms. The molecule has 6 nitrogen and oxygen atoms in total. The number of ether oxygens (including phenoxy) is 1. The van der Waals surface area contributed by atoms with E-state index in [2.05, 4.69) is 0 Å². The summed E-state index contributed by atoms with van der Waals surface area (Å²) in [5.41, 5.74) is 2.00. The van der Waals surface area contributed by atoms with Crippen molar-refractivity contribution in [1.82, 2.24) is 0 Å². The number of carbonyl (C=O) groups is 1. The molecule has 1 aromatic heterocycles. The van der Waals surface area contributed by atoms with Crippen molar-refractivity contribution >= 4 is 45.8 Å². The summed E-state index contributed by atoms with van der Waals surface area (Å²) in [5.74, 6) is -0.132. The number of carbonyl (C=O) groups excluding carboxylic acids is 1. The molecule has 3 aromatic rings. The van der Waals surface area contributed by atoms with Crippen molar-refractivity contribution in [2.75, 3.05) is 18.1 Å². The van der Waals surface area contributed by atoms with Gasteiger partial charge in [-0.3, -0.25) is 4.79 Å². The van der Waals surface area contributed by atoms with Gasteiger partial charge in [-0.05, 0) is 49.2 Å². The minimum Gasteiger partial charge on any atom is -0.482 e. The topological polar surface area (TPSA) is 83.5 Å². The molecule has 2 aromatic carbocycles. The smallest absolute Gasteiger partial charge is 0.336 e. The molecule has 0 bridgehead atoms. The average molecular weight is 445 g/mol. The van der Waals surface area contributed by atoms with Gasteiger partial charge in [0.2, 0.25) is 0 Å². The molecular weight excluding hydrogens is 427 g/mol. The molecule has 0 saturated carbocycles. The Hall–Kier alpha value is -3.01. The molecule has 30 heavy (non-hydrogen) atoms. The van der Waals surface area contributed by atoms with Crippen molar-refractivity contribution in [1.29, 1.82) is 5.26 Å². The summed E-state index contributed by atoms with van der Waals surface area (Å²) in [6.07, 6.45) is 0.161. The molecule has 0 saturated heterocycles. The molecule has 0 N–H and O–H groups in total. The summed E-state index contributed by atoms with van der Waals surface area (Å²) in [5, 5.41) is 10.5. The number of anilines is 1. The van der Waals surface area contributed by atoms with Crippen LogP contribution in [0.3, 0.4) is 0 Å². The second-order valence-corrected chi connectivity index (χ2v) is 7.52. The Labute approximate surface area is 183 Å². The third-order valence-corrected chi connectivity index (χ3v) is 5.28. The Morgan fingerprint density at radius 1 is 1.13 bits per heavy atom. The van der Waals surface area contributed by atoms with Crippen LogP contribution in [0.15, 0.2) is 45.6 Å². The first-order chi connectivity index (χ1) is 14.3. The second-order valence-electron chi connectivity index (χ2n) is 6.70. The quantitative estimate of drug-likeness (QED) is 0.497. The minimum absolute atomic E-state index is 0.161. The van der Waals surface area contributed by atoms with Gasteiger partial charge in [-0.25, -0.2) is 4.79 Å². The predicted molar refractivity (Wildman–Crippen MR) is 116 cm³/mol. The number of rotatable bonds is 6. The number of benzene rings is 2. The van der Waals surface area contributed by atoms with E-state index >= 15 is 0 Å². The highest BCUT2D eigenvalue weighted by atomic mass is 35.5. The maximum atomic E-state index is 12.8. The van der Waals surface area contributed by atoms with Crippen molar-refractivity contribution in [3.05, 3.63) is 68.0 Å². The second kappa shape index (κ2) is 9.21. The lowest BCUT2D eigenvalue weighted by atomic mass is 10.1. The van der Waals surface area contributed by atoms with Gasteiger partial charge in [-0.15, -0.1) is 0 Å². The van der Waals surface area contributed by atoms with Gasteiger partial charge in [0.15, 0.2) is 6.61 Å². The van der Waals surface area contributed by atoms with Crippen LogP contribution < -0.4 is 15.3 Å². The van der Waals surface area contributed by atoms with Crippen LogP contribution in [0.5, 0.6) is 5.75 Å². The van der Waals surface area contributed by atoms with Crippen LogP contribution in [0.1, 0.15) is 17.5 Å². The van der Waals surface area contributed by atoms with E-state index < -0.39 is 5.63 Å². The third-order valence-electron chi connectivity index (χ3n) is 4.56. The fraction of sp³-hybridized carbons (Fsp3) is 0.227. The van der Waals surface area contributed by atoms with E-state index in [-0.39, 0.29) is 36.3 Å². The highest BCUT2D eigenvalue weighted by molar-refractivity contribution is 6.33. The number of nitriles is 1. The minimum atomic E-state index is -0.481. The first-order valence-electron chi connectivity index (χ1n) is 9.10. The highest BCUT2D eigenvalue weighted by Crippen LogP contribution is 2.31. The van der Waals surface area contributed by atoms with Gasteiger partial charge >= 0.3 is 5.63 Å². The Kier molecular flexibility index (Phi) is 6.66. The molecule has 3 rings (SSSR count). The average Bonchev–Trinajstić information content (AvgIpc) is 2.70. The van der Waals surface area contributed by atoms with Gasteiger partial charge in [0, 0.05) is 34.8 Å². The van der Waals surface area contributed by atoms with Gasteiger partial charge in [-0.1, -0.05) is 23.2 Å². The maximum absolute atomic E-state index is 12.8. The van der Waals surface area contributed by atoms with E-state index in [0.29, 0.717) is 21.7 Å². The monoisotopic (exact) mass is 444 g/mol. The van der Waals surface area contributed by atoms with Gasteiger partial charge in [0.05, 0.1) is 17.5 Å². The van der Waals surface area contributed by atoms with Crippen LogP contribution >= 0.6 is 23.2 Å². The van der Waals surface area contributed by atoms with Gasteiger partial charge < -0.3 is 14.1 Å². The van der Waals surface area contributed by atoms with E-state index in [9.17, 15) is 9.59 Å². The van der Waals surface area contributed by atoms with Gasteiger partial charge in [0.25, 0.3) is 5.91 Å². The maximum Gasteiger partial charge on any atom is 0.336 e. The van der Waals surface area contributed by atoms with Crippen LogP contribution in [-0.4, -0.2) is 19.1 Å². The molecule has 0 radical (unpaired) electrons. The van der Waals surface area contributed by atoms with E-state index in [1.54, 1.807) is 31.2 Å². The zero-order chi connectivity index (χ0) is 21.8. The fourth-order valence-electron chi connectivity index (χ4n) is 3.00. The molecule has 154 valence electrons. The summed E-state index contributed by atoms with van der Waals surface area (Å²) in [6.45, 7) is 3.51. The zero-order valence-electron chi connectivity index (χ0n) is 16.4. The molecule has 0 aliphatic rings. The van der Waals surface area contributed by atoms with Crippen LogP contribution in [0.25, 0.3) is 11.0 Å². The standard InChI is InChI=1S/C22H18Cl2N2O4/c1-13-9-22(28)30-19-11-20(18(24)10-16(13)19)29-12-21(27)26(7-3-6-25)15-4-5-17(23)14(2)8-15/h4-5,8-11H,3,7,12H2,1-2H3. The summed E-state index contributed by atoms with van der Waals surface area (Å²) in [4.78, 5) is 25.9. The molecule has 0 aliphatic carbocycles. The lowest BCUT2D eigenvalue weighted by molar-refractivity contribution is -0.120. The lowest BCUT2D eigenvalue weighted by Gasteiger charge is -2.22. The summed E-state index contributed by atoms with van der Waals surface area (Å²) in [6, 6.07) is 11.7. The van der Waals surface area contributed by atoms with Gasteiger partial charge in [0.1, 0.15) is 11.3 Å². The molecular formula is C22H18Cl2N2O4. The van der Waals surface area contributed by atoms with Crippen LogP contribution in [0.4, 0.5) is 5.69 Å². The van der Waals surface area contributed by atoms with Crippen LogP contribution in [0.2, 0.25) is 10.0 Å². The highest BCUT2D eigenvalue weighted by Gasteiger charge is 2.18. The molecule has 0 unspecified atom stereocenters. The molecule has 0 atom stereocenters. The molecule has 0 aliphatic heterocycles. The number of fused-ring (bicyclic) bond motifs is 1. The van der Waals surface area contributed by atoms with E-state index in [1.807, 2.05) is 13.0 Å². The summed E-state index contributed by atoms with van der Waals surface area (Å²) < 4.78 is 10.8. The van der Waals surface area contributed by atoms with Crippen molar-refractivity contribution in [2.45, 2.75) is 20.3 Å². The predicted octanol–water partition coefficient (Wildman–Crippen LogP) is 5.04. The Bertz CT molecular complexity index is 1210. The number of hydrogen-bond acceptors (Lipinski definition) is 5. The molecule has 1 amide bonds. The van der Waals surface area contributed by atoms with Crippen molar-refractivity contribution in [3.8, 4) is 11.8 Å². The molecule has 8 heteroatoms. The van der Waals surface area contributed by atoms with Crippen LogP contribution in [-0.2, 0) is 4.79 Å². The number of halogens is 2. The Morgan fingerprint density at radius 3 is 2.60 bits per heavy atom. The van der Waals surface area contributed by atoms with E-state index in [4.69, 9.17) is 37.6 Å². The normalized spacial score (nSPS) is 10.6. The fourth-order valence-corrected chi connectivity index (χ4v) is 3.34. The van der Waals surface area contributed by atoms with E-state index in [1.165, 1.54) is 17.0 Å². The van der Waals surface area contributed by atoms with Crippen molar-refractivity contribution < 1.29 is 13.9 Å². The molecule has 0 fully saturated rings. The first kappa shape index (κ1) is 21.7. The third kappa shape index (κ3) is 4.76. The Morgan fingerprint density at radius 2 is 1.90 bits per heavy atom. The van der Waals surface area contributed by atoms with Crippen LogP contribution in [0, 0.1) is 25.2 Å². The summed E-state index contributed by atoms with van der Waals surface area (Å²) in [7, 11) is 0. The summed E-state index contributed by atoms with van der Waals surface area (Å²) >= 11 is 12.4. The van der Waals surface area contributed by atoms with Crippen molar-refractivity contribution in [2.24, 2.45) is 0 Å². The first-order valence-corrected chi connectivity index (χ1v) is 9.86. The molecule has 1 heterocycles.